The molecule has 0 aliphatic carbocycles. The van der Waals surface area contributed by atoms with Crippen LogP contribution in [0.2, 0.25) is 0 Å². The molecule has 4 nitrogen and oxygen atoms in total. The van der Waals surface area contributed by atoms with Gasteiger partial charge >= 0.3 is 0 Å². The van der Waals surface area contributed by atoms with Gasteiger partial charge in [-0.25, -0.2) is 8.42 Å². The van der Waals surface area contributed by atoms with Crippen LogP contribution in [0.4, 0.5) is 5.69 Å². The molecule has 1 N–H and O–H groups in total. The number of rotatable bonds is 7. The van der Waals surface area contributed by atoms with Crippen molar-refractivity contribution < 1.29 is 13.2 Å². The minimum Gasteiger partial charge on any atom is -0.497 e. The van der Waals surface area contributed by atoms with Gasteiger partial charge < -0.3 is 10.1 Å². The number of methoxy groups -OCH3 is 1. The number of hydrogen-bond donors (Lipinski definition) is 1. The van der Waals surface area contributed by atoms with Crippen molar-refractivity contribution >= 4 is 27.1 Å². The minimum atomic E-state index is -3.03. The van der Waals surface area contributed by atoms with Crippen LogP contribution in [0.1, 0.15) is 0 Å². The van der Waals surface area contributed by atoms with E-state index in [1.165, 1.54) is 0 Å². The number of sulfone groups is 1. The molecule has 0 aliphatic rings. The maximum atomic E-state index is 11.4. The molecule has 0 heterocycles. The molecule has 0 saturated carbocycles. The van der Waals surface area contributed by atoms with E-state index in [-0.39, 0.29) is 17.4 Å². The van der Waals surface area contributed by atoms with Crippen LogP contribution in [-0.4, -0.2) is 39.5 Å². The first kappa shape index (κ1) is 14.1. The van der Waals surface area contributed by atoms with E-state index < -0.39 is 9.84 Å². The highest BCUT2D eigenvalue weighted by molar-refractivity contribution is 7.91. The molecule has 0 atom stereocenters. The molecule has 6 heteroatoms. The lowest BCUT2D eigenvalue weighted by molar-refractivity contribution is 0.415. The fourth-order valence-corrected chi connectivity index (χ4v) is 2.84. The predicted molar refractivity (Wildman–Crippen MR) is 70.9 cm³/mol. The Labute approximate surface area is 107 Å². The van der Waals surface area contributed by atoms with Crippen molar-refractivity contribution in [1.29, 1.82) is 0 Å². The van der Waals surface area contributed by atoms with E-state index in [0.717, 1.165) is 11.4 Å². The smallest absolute Gasteiger partial charge is 0.153 e. The van der Waals surface area contributed by atoms with Crippen LogP contribution >= 0.6 is 11.6 Å². The topological polar surface area (TPSA) is 55.4 Å². The van der Waals surface area contributed by atoms with Crippen molar-refractivity contribution in [1.82, 2.24) is 0 Å². The SMILES string of the molecule is COc1ccc(NCCS(=O)(=O)CCCl)cc1. The Morgan fingerprint density at radius 2 is 1.88 bits per heavy atom. The fourth-order valence-electron chi connectivity index (χ4n) is 1.28. The van der Waals surface area contributed by atoms with E-state index in [1.807, 2.05) is 24.3 Å². The van der Waals surface area contributed by atoms with Crippen LogP contribution < -0.4 is 10.1 Å². The molecule has 0 bridgehead atoms. The molecule has 1 aromatic carbocycles. The molecule has 0 saturated heterocycles. The normalized spacial score (nSPS) is 11.2. The summed E-state index contributed by atoms with van der Waals surface area (Å²) in [6.07, 6.45) is 0. The van der Waals surface area contributed by atoms with Crippen LogP contribution in [-0.2, 0) is 9.84 Å². The standard InChI is InChI=1S/C11H16ClNO3S/c1-16-11-4-2-10(3-5-11)13-7-9-17(14,15)8-6-12/h2-5,13H,6-9H2,1H3. The van der Waals surface area contributed by atoms with Crippen molar-refractivity contribution in [2.24, 2.45) is 0 Å². The highest BCUT2D eigenvalue weighted by atomic mass is 35.5. The lowest BCUT2D eigenvalue weighted by atomic mass is 10.3. The van der Waals surface area contributed by atoms with Gasteiger partial charge in [-0.05, 0) is 24.3 Å². The van der Waals surface area contributed by atoms with Gasteiger partial charge in [0.15, 0.2) is 9.84 Å². The Morgan fingerprint density at radius 1 is 1.24 bits per heavy atom. The van der Waals surface area contributed by atoms with Crippen molar-refractivity contribution in [3.8, 4) is 5.75 Å². The van der Waals surface area contributed by atoms with Gasteiger partial charge in [-0.3, -0.25) is 0 Å². The lowest BCUT2D eigenvalue weighted by Gasteiger charge is -2.07. The van der Waals surface area contributed by atoms with E-state index in [9.17, 15) is 8.42 Å². The molecular weight excluding hydrogens is 262 g/mol. The second kappa shape index (κ2) is 6.71. The number of alkyl halides is 1. The third-order valence-electron chi connectivity index (χ3n) is 2.22. The molecule has 0 aliphatic heterocycles. The molecule has 0 amide bonds. The average molecular weight is 278 g/mol. The summed E-state index contributed by atoms with van der Waals surface area (Å²) >= 11 is 5.40. The first-order chi connectivity index (χ1) is 8.07. The summed E-state index contributed by atoms with van der Waals surface area (Å²) in [6, 6.07) is 7.31. The molecule has 1 rings (SSSR count). The highest BCUT2D eigenvalue weighted by Gasteiger charge is 2.08. The quantitative estimate of drug-likeness (QED) is 0.772. The van der Waals surface area contributed by atoms with Gasteiger partial charge in [0, 0.05) is 18.1 Å². The van der Waals surface area contributed by atoms with Crippen LogP contribution in [0.3, 0.4) is 0 Å². The molecule has 1 aromatic rings. The fraction of sp³-hybridized carbons (Fsp3) is 0.455. The van der Waals surface area contributed by atoms with E-state index in [1.54, 1.807) is 7.11 Å². The number of benzene rings is 1. The van der Waals surface area contributed by atoms with Gasteiger partial charge in [0.1, 0.15) is 5.75 Å². The largest absolute Gasteiger partial charge is 0.497 e. The van der Waals surface area contributed by atoms with Crippen molar-refractivity contribution in [3.05, 3.63) is 24.3 Å². The Morgan fingerprint density at radius 3 is 2.41 bits per heavy atom. The molecule has 0 radical (unpaired) electrons. The van der Waals surface area contributed by atoms with Crippen molar-refractivity contribution in [2.45, 2.75) is 0 Å². The van der Waals surface area contributed by atoms with Gasteiger partial charge in [-0.1, -0.05) is 0 Å². The van der Waals surface area contributed by atoms with Crippen LogP contribution in [0.5, 0.6) is 5.75 Å². The number of anilines is 1. The molecule has 0 fully saturated rings. The summed E-state index contributed by atoms with van der Waals surface area (Å²) in [5, 5.41) is 3.03. The number of halogens is 1. The van der Waals surface area contributed by atoms with E-state index in [0.29, 0.717) is 6.54 Å². The second-order valence-corrected chi connectivity index (χ2v) is 6.18. The zero-order chi connectivity index (χ0) is 12.7. The highest BCUT2D eigenvalue weighted by Crippen LogP contribution is 2.14. The third-order valence-corrected chi connectivity index (χ3v) is 4.29. The molecule has 0 spiro atoms. The maximum absolute atomic E-state index is 11.4. The van der Waals surface area contributed by atoms with Gasteiger partial charge in [-0.15, -0.1) is 11.6 Å². The molecule has 0 unspecified atom stereocenters. The third kappa shape index (κ3) is 5.28. The van der Waals surface area contributed by atoms with E-state index in [2.05, 4.69) is 5.32 Å². The van der Waals surface area contributed by atoms with Crippen molar-refractivity contribution in [2.75, 3.05) is 36.4 Å². The van der Waals surface area contributed by atoms with Crippen LogP contribution in [0.15, 0.2) is 24.3 Å². The Bertz CT molecular complexity index is 431. The van der Waals surface area contributed by atoms with E-state index >= 15 is 0 Å². The van der Waals surface area contributed by atoms with Crippen molar-refractivity contribution in [3.63, 3.8) is 0 Å². The molecular formula is C11H16ClNO3S. The summed E-state index contributed by atoms with van der Waals surface area (Å²) in [6.45, 7) is 0.381. The number of ether oxygens (including phenoxy) is 1. The van der Waals surface area contributed by atoms with Crippen LogP contribution in [0, 0.1) is 0 Å². The average Bonchev–Trinajstić information content (AvgIpc) is 2.29. The first-order valence-corrected chi connectivity index (χ1v) is 7.57. The molecule has 96 valence electrons. The second-order valence-electron chi connectivity index (χ2n) is 3.50. The van der Waals surface area contributed by atoms with Gasteiger partial charge in [0.2, 0.25) is 0 Å². The summed E-state index contributed by atoms with van der Waals surface area (Å²) in [4.78, 5) is 0. The maximum Gasteiger partial charge on any atom is 0.153 e. The summed E-state index contributed by atoms with van der Waals surface area (Å²) in [7, 11) is -1.44. The Balaban J connectivity index is 2.40. The number of nitrogens with one attached hydrogen (secondary N) is 1. The summed E-state index contributed by atoms with van der Waals surface area (Å²) in [5.74, 6) is 1.03. The first-order valence-electron chi connectivity index (χ1n) is 5.22. The lowest BCUT2D eigenvalue weighted by Crippen LogP contribution is -2.19. The summed E-state index contributed by atoms with van der Waals surface area (Å²) < 4.78 is 27.8. The zero-order valence-electron chi connectivity index (χ0n) is 9.65. The monoisotopic (exact) mass is 277 g/mol. The van der Waals surface area contributed by atoms with Gasteiger partial charge in [0.05, 0.1) is 18.6 Å². The summed E-state index contributed by atoms with van der Waals surface area (Å²) in [5.41, 5.74) is 0.867. The zero-order valence-corrected chi connectivity index (χ0v) is 11.2. The minimum absolute atomic E-state index is 0.0266. The number of hydrogen-bond acceptors (Lipinski definition) is 4. The molecule has 17 heavy (non-hydrogen) atoms. The predicted octanol–water partition coefficient (Wildman–Crippen LogP) is 1.76. The van der Waals surface area contributed by atoms with Gasteiger partial charge in [-0.2, -0.15) is 0 Å². The van der Waals surface area contributed by atoms with Gasteiger partial charge in [0.25, 0.3) is 0 Å². The Kier molecular flexibility index (Phi) is 5.58. The van der Waals surface area contributed by atoms with Crippen LogP contribution in [0.25, 0.3) is 0 Å². The molecule has 0 aromatic heterocycles. The Hall–Kier alpha value is -0.940. The van der Waals surface area contributed by atoms with E-state index in [4.69, 9.17) is 16.3 Å².